The zero-order valence-corrected chi connectivity index (χ0v) is 16.2. The van der Waals surface area contributed by atoms with E-state index in [1.165, 1.54) is 0 Å². The number of aliphatic carboxylic acids is 1. The molecule has 148 valence electrons. The van der Waals surface area contributed by atoms with Gasteiger partial charge in [-0.25, -0.2) is 9.59 Å². The lowest BCUT2D eigenvalue weighted by Crippen LogP contribution is -2.66. The fraction of sp³-hybridized carbons (Fsp3) is 0.600. The minimum Gasteiger partial charge on any atom is -0.480 e. The van der Waals surface area contributed by atoms with Crippen LogP contribution in [-0.2, 0) is 11.2 Å². The highest BCUT2D eigenvalue weighted by molar-refractivity contribution is 5.83. The van der Waals surface area contributed by atoms with E-state index in [0.717, 1.165) is 38.0 Å². The Morgan fingerprint density at radius 1 is 1.11 bits per heavy atom. The Labute approximate surface area is 160 Å². The van der Waals surface area contributed by atoms with Gasteiger partial charge in [0.2, 0.25) is 0 Å². The average molecular weight is 374 g/mol. The van der Waals surface area contributed by atoms with E-state index < -0.39 is 12.0 Å². The molecule has 1 aromatic rings. The van der Waals surface area contributed by atoms with Crippen molar-refractivity contribution >= 4 is 12.0 Å². The molecule has 0 radical (unpaired) electrons. The highest BCUT2D eigenvalue weighted by Gasteiger charge is 2.43. The number of likely N-dealkylation sites (tertiary alicyclic amines) is 1. The third-order valence-corrected chi connectivity index (χ3v) is 6.08. The molecule has 1 atom stereocenters. The minimum atomic E-state index is -1.00. The molecule has 0 saturated carbocycles. The van der Waals surface area contributed by atoms with Crippen LogP contribution in [0.5, 0.6) is 0 Å². The van der Waals surface area contributed by atoms with E-state index in [2.05, 4.69) is 29.2 Å². The normalized spacial score (nSPS) is 21.8. The number of carboxylic acid groups (broad SMARTS) is 1. The van der Waals surface area contributed by atoms with Crippen molar-refractivity contribution < 1.29 is 14.7 Å². The van der Waals surface area contributed by atoms with Crippen molar-refractivity contribution in [2.45, 2.75) is 30.8 Å². The summed E-state index contributed by atoms with van der Waals surface area (Å²) in [5, 5.41) is 12.3. The van der Waals surface area contributed by atoms with Crippen LogP contribution in [0.4, 0.5) is 4.79 Å². The predicted molar refractivity (Wildman–Crippen MR) is 104 cm³/mol. The fourth-order valence-electron chi connectivity index (χ4n) is 4.10. The number of likely N-dealkylation sites (N-methyl/N-ethyl adjacent to an activating group) is 1. The van der Waals surface area contributed by atoms with Crippen molar-refractivity contribution in [1.82, 2.24) is 20.0 Å². The maximum absolute atomic E-state index is 12.8. The molecule has 3 rings (SSSR count). The summed E-state index contributed by atoms with van der Waals surface area (Å²) in [6.07, 6.45) is 2.33. The number of urea groups is 1. The molecule has 2 heterocycles. The van der Waals surface area contributed by atoms with Gasteiger partial charge in [0.15, 0.2) is 0 Å². The lowest BCUT2D eigenvalue weighted by Gasteiger charge is -2.52. The highest BCUT2D eigenvalue weighted by Crippen LogP contribution is 2.31. The Bertz CT molecular complexity index is 658. The van der Waals surface area contributed by atoms with Gasteiger partial charge in [-0.3, -0.25) is 4.90 Å². The SMILES string of the molecule is CN1CCC2(CC1)CN(C(=O)N[C@H](Cc1ccccc1)C(=O)O)CCN2C. The highest BCUT2D eigenvalue weighted by atomic mass is 16.4. The van der Waals surface area contributed by atoms with Gasteiger partial charge in [-0.05, 0) is 45.6 Å². The first-order valence-corrected chi connectivity index (χ1v) is 9.62. The number of amides is 2. The van der Waals surface area contributed by atoms with E-state index in [4.69, 9.17) is 0 Å². The summed E-state index contributed by atoms with van der Waals surface area (Å²) in [6, 6.07) is 8.21. The number of nitrogens with one attached hydrogen (secondary N) is 1. The van der Waals surface area contributed by atoms with Crippen molar-refractivity contribution in [3.05, 3.63) is 35.9 Å². The van der Waals surface area contributed by atoms with Gasteiger partial charge in [0.25, 0.3) is 0 Å². The molecule has 0 aliphatic carbocycles. The van der Waals surface area contributed by atoms with Crippen LogP contribution in [0.3, 0.4) is 0 Å². The third-order valence-electron chi connectivity index (χ3n) is 6.08. The average Bonchev–Trinajstić information content (AvgIpc) is 2.66. The molecule has 7 heteroatoms. The summed E-state index contributed by atoms with van der Waals surface area (Å²) in [4.78, 5) is 31.0. The van der Waals surface area contributed by atoms with Gasteiger partial charge in [0.1, 0.15) is 6.04 Å². The van der Waals surface area contributed by atoms with Gasteiger partial charge in [-0.1, -0.05) is 30.3 Å². The zero-order chi connectivity index (χ0) is 19.4. The molecule has 1 spiro atoms. The molecule has 0 bridgehead atoms. The van der Waals surface area contributed by atoms with Crippen LogP contribution >= 0.6 is 0 Å². The topological polar surface area (TPSA) is 76.1 Å². The standard InChI is InChI=1S/C20H30N4O3/c1-22-10-8-20(9-11-22)15-24(13-12-23(20)2)19(27)21-17(18(25)26)14-16-6-4-3-5-7-16/h3-7,17H,8-15H2,1-2H3,(H,21,27)(H,25,26)/t17-/m1/s1. The summed E-state index contributed by atoms with van der Waals surface area (Å²) in [5.41, 5.74) is 0.899. The lowest BCUT2D eigenvalue weighted by molar-refractivity contribution is -0.139. The van der Waals surface area contributed by atoms with Crippen LogP contribution < -0.4 is 5.32 Å². The second kappa shape index (κ2) is 8.27. The van der Waals surface area contributed by atoms with Crippen LogP contribution in [0.25, 0.3) is 0 Å². The maximum Gasteiger partial charge on any atom is 0.326 e. The van der Waals surface area contributed by atoms with Crippen LogP contribution in [0, 0.1) is 0 Å². The first-order chi connectivity index (χ1) is 12.9. The minimum absolute atomic E-state index is 0.000248. The predicted octanol–water partition coefficient (Wildman–Crippen LogP) is 1.10. The van der Waals surface area contributed by atoms with Crippen molar-refractivity contribution in [3.8, 4) is 0 Å². The monoisotopic (exact) mass is 374 g/mol. The van der Waals surface area contributed by atoms with Gasteiger partial charge in [0.05, 0.1) is 0 Å². The molecule has 7 nitrogen and oxygen atoms in total. The molecule has 1 aromatic carbocycles. The number of piperidine rings is 1. The van der Waals surface area contributed by atoms with E-state index in [1.807, 2.05) is 30.3 Å². The van der Waals surface area contributed by atoms with E-state index in [1.54, 1.807) is 4.90 Å². The summed E-state index contributed by atoms with van der Waals surface area (Å²) in [5.74, 6) is -1.00. The van der Waals surface area contributed by atoms with Gasteiger partial charge in [-0.2, -0.15) is 0 Å². The van der Waals surface area contributed by atoms with Gasteiger partial charge >= 0.3 is 12.0 Å². The van der Waals surface area contributed by atoms with E-state index in [0.29, 0.717) is 13.1 Å². The molecule has 2 fully saturated rings. The summed E-state index contributed by atoms with van der Waals surface area (Å²) in [6.45, 7) is 4.13. The number of piperazine rings is 1. The number of benzene rings is 1. The molecule has 27 heavy (non-hydrogen) atoms. The molecular weight excluding hydrogens is 344 g/mol. The lowest BCUT2D eigenvalue weighted by atomic mass is 9.84. The molecular formula is C20H30N4O3. The number of carbonyl (C=O) groups excluding carboxylic acids is 1. The van der Waals surface area contributed by atoms with Crippen LogP contribution in [0.1, 0.15) is 18.4 Å². The summed E-state index contributed by atoms with van der Waals surface area (Å²) >= 11 is 0. The van der Waals surface area contributed by atoms with Gasteiger partial charge in [-0.15, -0.1) is 0 Å². The van der Waals surface area contributed by atoms with Gasteiger partial charge < -0.3 is 20.2 Å². The summed E-state index contributed by atoms with van der Waals surface area (Å²) in [7, 11) is 4.26. The van der Waals surface area contributed by atoms with Crippen LogP contribution in [-0.4, -0.2) is 90.2 Å². The Hall–Kier alpha value is -2.12. The van der Waals surface area contributed by atoms with E-state index in [-0.39, 0.29) is 18.0 Å². The van der Waals surface area contributed by atoms with Gasteiger partial charge in [0, 0.05) is 31.6 Å². The van der Waals surface area contributed by atoms with Crippen LogP contribution in [0.2, 0.25) is 0 Å². The quantitative estimate of drug-likeness (QED) is 0.826. The Kier molecular flexibility index (Phi) is 6.01. The van der Waals surface area contributed by atoms with Crippen molar-refractivity contribution in [2.24, 2.45) is 0 Å². The molecule has 2 saturated heterocycles. The molecule has 0 aromatic heterocycles. The zero-order valence-electron chi connectivity index (χ0n) is 16.2. The molecule has 2 aliphatic rings. The number of nitrogens with zero attached hydrogens (tertiary/aromatic N) is 3. The molecule has 2 N–H and O–H groups in total. The Morgan fingerprint density at radius 3 is 2.41 bits per heavy atom. The van der Waals surface area contributed by atoms with Crippen LogP contribution in [0.15, 0.2) is 30.3 Å². The summed E-state index contributed by atoms with van der Waals surface area (Å²) < 4.78 is 0. The molecule has 0 unspecified atom stereocenters. The largest absolute Gasteiger partial charge is 0.480 e. The number of hydrogen-bond acceptors (Lipinski definition) is 4. The first-order valence-electron chi connectivity index (χ1n) is 9.62. The van der Waals surface area contributed by atoms with Crippen molar-refractivity contribution in [1.29, 1.82) is 0 Å². The Balaban J connectivity index is 1.64. The fourth-order valence-corrected chi connectivity index (χ4v) is 4.10. The van der Waals surface area contributed by atoms with E-state index in [9.17, 15) is 14.7 Å². The molecule has 2 aliphatic heterocycles. The number of rotatable bonds is 4. The Morgan fingerprint density at radius 2 is 1.78 bits per heavy atom. The van der Waals surface area contributed by atoms with Crippen molar-refractivity contribution in [3.63, 3.8) is 0 Å². The number of carboxylic acids is 1. The third kappa shape index (κ3) is 4.59. The number of carbonyl (C=O) groups is 2. The first kappa shape index (κ1) is 19.6. The van der Waals surface area contributed by atoms with Crippen molar-refractivity contribution in [2.75, 3.05) is 46.8 Å². The maximum atomic E-state index is 12.8. The second-order valence-corrected chi connectivity index (χ2v) is 7.90. The van der Waals surface area contributed by atoms with E-state index >= 15 is 0 Å². The molecule has 2 amide bonds. The smallest absolute Gasteiger partial charge is 0.326 e. The second-order valence-electron chi connectivity index (χ2n) is 7.90. The number of hydrogen-bond donors (Lipinski definition) is 2.